The molecule has 2 saturated heterocycles. The van der Waals surface area contributed by atoms with Gasteiger partial charge in [0.05, 0.1) is 4.88 Å². The molecule has 2 fully saturated rings. The summed E-state index contributed by atoms with van der Waals surface area (Å²) in [4.78, 5) is 15.8. The average molecular weight is 332 g/mol. The van der Waals surface area contributed by atoms with Gasteiger partial charge in [-0.15, -0.1) is 11.3 Å². The molecule has 23 heavy (non-hydrogen) atoms. The number of hydrogen-bond donors (Lipinski definition) is 1. The lowest BCUT2D eigenvalue weighted by Gasteiger charge is -2.20. The predicted molar refractivity (Wildman–Crippen MR) is 91.5 cm³/mol. The van der Waals surface area contributed by atoms with Crippen LogP contribution in [0.1, 0.15) is 28.1 Å². The third-order valence-corrected chi connectivity index (χ3v) is 6.66. The van der Waals surface area contributed by atoms with Crippen molar-refractivity contribution in [2.24, 2.45) is 11.8 Å². The van der Waals surface area contributed by atoms with Crippen LogP contribution < -0.4 is 5.32 Å². The van der Waals surface area contributed by atoms with Gasteiger partial charge < -0.3 is 10.2 Å². The summed E-state index contributed by atoms with van der Waals surface area (Å²) < 4.78 is 14.5. The molecule has 5 heteroatoms. The first-order chi connectivity index (χ1) is 11.1. The molecule has 122 valence electrons. The summed E-state index contributed by atoms with van der Waals surface area (Å²) in [5.41, 5.74) is 0.917. The first-order valence-electron chi connectivity index (χ1n) is 8.32. The number of nitrogens with one attached hydrogen (secondary N) is 1. The number of nitrogens with zero attached hydrogens (tertiary/aromatic N) is 1. The summed E-state index contributed by atoms with van der Waals surface area (Å²) in [6.45, 7) is 5.79. The van der Waals surface area contributed by atoms with Gasteiger partial charge in [-0.1, -0.05) is 0 Å². The number of aryl methyl sites for hydroxylation is 1. The summed E-state index contributed by atoms with van der Waals surface area (Å²) in [6, 6.07) is 4.78. The molecule has 0 saturated carbocycles. The van der Waals surface area contributed by atoms with E-state index < -0.39 is 0 Å². The molecule has 3 heterocycles. The number of halogens is 1. The molecular weight excluding hydrogens is 311 g/mol. The molecule has 2 aliphatic heterocycles. The molecule has 0 spiro atoms. The molecule has 1 aromatic heterocycles. The molecule has 3 nitrogen and oxygen atoms in total. The summed E-state index contributed by atoms with van der Waals surface area (Å²) >= 11 is 1.49. The van der Waals surface area contributed by atoms with Crippen molar-refractivity contribution in [2.45, 2.75) is 19.8 Å². The van der Waals surface area contributed by atoms with Crippen LogP contribution in [0, 0.1) is 24.6 Å². The second kappa shape index (κ2) is 5.87. The highest BCUT2D eigenvalue weighted by atomic mass is 32.1. The smallest absolute Gasteiger partial charge is 0.264 e. The SMILES string of the molecule is Cc1c(C(=O)N2CC[C@@H]3CNC[C@@H]3CC2)sc2ccc(F)cc12. The van der Waals surface area contributed by atoms with E-state index in [0.717, 1.165) is 59.5 Å². The quantitative estimate of drug-likeness (QED) is 0.868. The Hall–Kier alpha value is -1.46. The Morgan fingerprint density at radius 2 is 1.96 bits per heavy atom. The van der Waals surface area contributed by atoms with Gasteiger partial charge in [-0.25, -0.2) is 4.39 Å². The van der Waals surface area contributed by atoms with Crippen LogP contribution in [0.4, 0.5) is 4.39 Å². The fourth-order valence-electron chi connectivity index (χ4n) is 3.96. The van der Waals surface area contributed by atoms with Crippen LogP contribution in [-0.2, 0) is 0 Å². The zero-order valence-electron chi connectivity index (χ0n) is 13.3. The minimum atomic E-state index is -0.243. The second-order valence-electron chi connectivity index (χ2n) is 6.74. The number of carbonyl (C=O) groups is 1. The third kappa shape index (κ3) is 2.66. The number of carbonyl (C=O) groups excluding carboxylic acids is 1. The van der Waals surface area contributed by atoms with Crippen molar-refractivity contribution < 1.29 is 9.18 Å². The Balaban J connectivity index is 1.60. The number of thiophene rings is 1. The van der Waals surface area contributed by atoms with E-state index in [0.29, 0.717) is 11.8 Å². The normalized spacial score (nSPS) is 24.7. The number of amides is 1. The minimum Gasteiger partial charge on any atom is -0.338 e. The predicted octanol–water partition coefficient (Wildman–Crippen LogP) is 3.42. The van der Waals surface area contributed by atoms with Crippen LogP contribution in [0.15, 0.2) is 18.2 Å². The van der Waals surface area contributed by atoms with Gasteiger partial charge in [0.25, 0.3) is 5.91 Å². The molecular formula is C18H21FN2OS. The van der Waals surface area contributed by atoms with Gasteiger partial charge in [0.2, 0.25) is 0 Å². The molecule has 0 radical (unpaired) electrons. The number of hydrogen-bond acceptors (Lipinski definition) is 3. The van der Waals surface area contributed by atoms with E-state index in [-0.39, 0.29) is 11.7 Å². The van der Waals surface area contributed by atoms with Crippen molar-refractivity contribution >= 4 is 27.3 Å². The van der Waals surface area contributed by atoms with Crippen molar-refractivity contribution in [1.82, 2.24) is 10.2 Å². The molecule has 2 aliphatic rings. The topological polar surface area (TPSA) is 32.3 Å². The highest BCUT2D eigenvalue weighted by Crippen LogP contribution is 2.33. The van der Waals surface area contributed by atoms with Crippen LogP contribution in [0.25, 0.3) is 10.1 Å². The van der Waals surface area contributed by atoms with Gasteiger partial charge in [-0.05, 0) is 73.8 Å². The molecule has 2 aromatic rings. The van der Waals surface area contributed by atoms with Crippen molar-refractivity contribution in [2.75, 3.05) is 26.2 Å². The van der Waals surface area contributed by atoms with Gasteiger partial charge in [-0.3, -0.25) is 4.79 Å². The Morgan fingerprint density at radius 3 is 2.65 bits per heavy atom. The summed E-state index contributed by atoms with van der Waals surface area (Å²) in [5.74, 6) is 1.31. The van der Waals surface area contributed by atoms with Crippen LogP contribution in [0.3, 0.4) is 0 Å². The Bertz CT molecular complexity index is 743. The minimum absolute atomic E-state index is 0.122. The number of likely N-dealkylation sites (tertiary alicyclic amines) is 1. The van der Waals surface area contributed by atoms with E-state index in [1.807, 2.05) is 11.8 Å². The lowest BCUT2D eigenvalue weighted by Crippen LogP contribution is -2.32. The first-order valence-corrected chi connectivity index (χ1v) is 9.14. The number of rotatable bonds is 1. The summed E-state index contributed by atoms with van der Waals surface area (Å²) in [7, 11) is 0. The highest BCUT2D eigenvalue weighted by molar-refractivity contribution is 7.21. The van der Waals surface area contributed by atoms with Crippen molar-refractivity contribution in [3.63, 3.8) is 0 Å². The fourth-order valence-corrected chi connectivity index (χ4v) is 5.12. The Kier molecular flexibility index (Phi) is 3.85. The lowest BCUT2D eigenvalue weighted by molar-refractivity contribution is 0.0763. The molecule has 0 aliphatic carbocycles. The number of benzene rings is 1. The summed E-state index contributed by atoms with van der Waals surface area (Å²) in [5, 5.41) is 4.33. The van der Waals surface area contributed by atoms with E-state index in [1.54, 1.807) is 6.07 Å². The van der Waals surface area contributed by atoms with Crippen molar-refractivity contribution in [3.8, 4) is 0 Å². The zero-order chi connectivity index (χ0) is 16.0. The maximum absolute atomic E-state index is 13.5. The molecule has 0 unspecified atom stereocenters. The van der Waals surface area contributed by atoms with Gasteiger partial charge >= 0.3 is 0 Å². The lowest BCUT2D eigenvalue weighted by atomic mass is 9.92. The Morgan fingerprint density at radius 1 is 1.26 bits per heavy atom. The monoisotopic (exact) mass is 332 g/mol. The first kappa shape index (κ1) is 15.1. The maximum Gasteiger partial charge on any atom is 0.264 e. The molecule has 4 rings (SSSR count). The molecule has 1 amide bonds. The fraction of sp³-hybridized carbons (Fsp3) is 0.500. The van der Waals surface area contributed by atoms with Gasteiger partial charge in [-0.2, -0.15) is 0 Å². The van der Waals surface area contributed by atoms with Crippen LogP contribution in [-0.4, -0.2) is 37.0 Å². The van der Waals surface area contributed by atoms with Crippen LogP contribution >= 0.6 is 11.3 Å². The molecule has 1 aromatic carbocycles. The van der Waals surface area contributed by atoms with E-state index in [4.69, 9.17) is 0 Å². The van der Waals surface area contributed by atoms with E-state index in [2.05, 4.69) is 5.32 Å². The van der Waals surface area contributed by atoms with E-state index in [9.17, 15) is 9.18 Å². The van der Waals surface area contributed by atoms with Crippen molar-refractivity contribution in [3.05, 3.63) is 34.5 Å². The van der Waals surface area contributed by atoms with Gasteiger partial charge in [0.1, 0.15) is 5.82 Å². The third-order valence-electron chi connectivity index (χ3n) is 5.40. The number of fused-ring (bicyclic) bond motifs is 2. The van der Waals surface area contributed by atoms with Crippen LogP contribution in [0.5, 0.6) is 0 Å². The standard InChI is InChI=1S/C18H21FN2OS/c1-11-15-8-14(19)2-3-16(15)23-17(11)18(22)21-6-4-12-9-20-10-13(12)5-7-21/h2-3,8,12-13,20H,4-7,9-10H2,1H3/t12-,13+. The zero-order valence-corrected chi connectivity index (χ0v) is 14.1. The van der Waals surface area contributed by atoms with E-state index >= 15 is 0 Å². The second-order valence-corrected chi connectivity index (χ2v) is 7.80. The van der Waals surface area contributed by atoms with Crippen molar-refractivity contribution in [1.29, 1.82) is 0 Å². The van der Waals surface area contributed by atoms with Crippen LogP contribution in [0.2, 0.25) is 0 Å². The average Bonchev–Trinajstić information content (AvgIpc) is 3.06. The largest absolute Gasteiger partial charge is 0.338 e. The molecule has 2 atom stereocenters. The maximum atomic E-state index is 13.5. The highest BCUT2D eigenvalue weighted by Gasteiger charge is 2.32. The van der Waals surface area contributed by atoms with E-state index in [1.165, 1.54) is 23.5 Å². The molecule has 1 N–H and O–H groups in total. The molecule has 0 bridgehead atoms. The van der Waals surface area contributed by atoms with Gasteiger partial charge in [0.15, 0.2) is 0 Å². The van der Waals surface area contributed by atoms with Gasteiger partial charge in [0, 0.05) is 17.8 Å². The Labute approximate surface area is 139 Å². The summed E-state index contributed by atoms with van der Waals surface area (Å²) in [6.07, 6.45) is 2.17.